The molecule has 2 aliphatic carbocycles. The predicted molar refractivity (Wildman–Crippen MR) is 72.7 cm³/mol. The third kappa shape index (κ3) is 3.10. The normalized spacial score (nSPS) is 29.3. The van der Waals surface area contributed by atoms with Crippen molar-refractivity contribution in [3.8, 4) is 0 Å². The molecule has 0 aromatic carbocycles. The van der Waals surface area contributed by atoms with E-state index in [9.17, 15) is 14.7 Å². The fourth-order valence-electron chi connectivity index (χ4n) is 3.25. The number of carbonyl (C=O) groups excluding carboxylic acids is 1. The minimum atomic E-state index is -1.11. The summed E-state index contributed by atoms with van der Waals surface area (Å²) in [5, 5.41) is 12.0. The molecule has 0 bridgehead atoms. The first-order chi connectivity index (χ1) is 9.04. The first-order valence-electron chi connectivity index (χ1n) is 7.56. The second kappa shape index (κ2) is 5.93. The predicted octanol–water partition coefficient (Wildman–Crippen LogP) is 2.57. The van der Waals surface area contributed by atoms with Gasteiger partial charge in [0.2, 0.25) is 5.91 Å². The number of carboxylic acids is 1. The van der Waals surface area contributed by atoms with Crippen LogP contribution in [-0.4, -0.2) is 23.5 Å². The second-order valence-corrected chi connectivity index (χ2v) is 6.41. The van der Waals surface area contributed by atoms with Crippen molar-refractivity contribution in [1.82, 2.24) is 5.32 Å². The highest BCUT2D eigenvalue weighted by Crippen LogP contribution is 2.41. The van der Waals surface area contributed by atoms with E-state index in [0.717, 1.165) is 18.8 Å². The van der Waals surface area contributed by atoms with Gasteiger partial charge in [0, 0.05) is 6.54 Å². The molecule has 0 radical (unpaired) electrons. The van der Waals surface area contributed by atoms with Crippen LogP contribution in [0.2, 0.25) is 0 Å². The van der Waals surface area contributed by atoms with E-state index >= 15 is 0 Å². The van der Waals surface area contributed by atoms with Gasteiger partial charge < -0.3 is 10.4 Å². The standard InChI is InChI=1S/C15H25NO3/c1-11-3-5-12(6-4-11)7-10-16-13(17)15(14(18)19)8-2-9-15/h11-12H,2-10H2,1H3,(H,16,17)(H,18,19). The molecule has 4 nitrogen and oxygen atoms in total. The molecule has 2 aliphatic rings. The van der Waals surface area contributed by atoms with Crippen molar-refractivity contribution < 1.29 is 14.7 Å². The average molecular weight is 267 g/mol. The summed E-state index contributed by atoms with van der Waals surface area (Å²) in [6.45, 7) is 2.93. The SMILES string of the molecule is CC1CCC(CCNC(=O)C2(C(=O)O)CCC2)CC1. The minimum Gasteiger partial charge on any atom is -0.480 e. The van der Waals surface area contributed by atoms with Crippen molar-refractivity contribution in [2.45, 2.75) is 58.3 Å². The van der Waals surface area contributed by atoms with Crippen LogP contribution in [0.1, 0.15) is 58.3 Å². The van der Waals surface area contributed by atoms with Crippen LogP contribution >= 0.6 is 0 Å². The van der Waals surface area contributed by atoms with E-state index in [1.54, 1.807) is 0 Å². The molecule has 0 atom stereocenters. The monoisotopic (exact) mass is 267 g/mol. The Kier molecular flexibility index (Phi) is 4.48. The molecule has 2 fully saturated rings. The van der Waals surface area contributed by atoms with E-state index in [4.69, 9.17) is 0 Å². The Bertz CT molecular complexity index is 341. The van der Waals surface area contributed by atoms with E-state index in [0.29, 0.717) is 25.3 Å². The third-order valence-corrected chi connectivity index (χ3v) is 5.02. The number of carbonyl (C=O) groups is 2. The largest absolute Gasteiger partial charge is 0.480 e. The van der Waals surface area contributed by atoms with Gasteiger partial charge in [-0.3, -0.25) is 9.59 Å². The van der Waals surface area contributed by atoms with Crippen LogP contribution in [0.15, 0.2) is 0 Å². The summed E-state index contributed by atoms with van der Waals surface area (Å²) in [6, 6.07) is 0. The minimum absolute atomic E-state index is 0.268. The number of rotatable bonds is 5. The molecule has 0 unspecified atom stereocenters. The smallest absolute Gasteiger partial charge is 0.319 e. The van der Waals surface area contributed by atoms with Crippen molar-refractivity contribution in [2.75, 3.05) is 6.54 Å². The van der Waals surface area contributed by atoms with Gasteiger partial charge in [0.05, 0.1) is 0 Å². The highest BCUT2D eigenvalue weighted by molar-refractivity contribution is 6.02. The number of amides is 1. The molecule has 2 N–H and O–H groups in total. The molecule has 2 rings (SSSR count). The summed E-state index contributed by atoms with van der Waals surface area (Å²) in [6.07, 6.45) is 7.91. The van der Waals surface area contributed by atoms with Crippen molar-refractivity contribution >= 4 is 11.9 Å². The molecule has 0 aromatic rings. The Morgan fingerprint density at radius 2 is 1.84 bits per heavy atom. The zero-order valence-electron chi connectivity index (χ0n) is 11.8. The van der Waals surface area contributed by atoms with Crippen LogP contribution in [-0.2, 0) is 9.59 Å². The Morgan fingerprint density at radius 1 is 1.21 bits per heavy atom. The van der Waals surface area contributed by atoms with Gasteiger partial charge in [-0.1, -0.05) is 39.0 Å². The Morgan fingerprint density at radius 3 is 2.32 bits per heavy atom. The van der Waals surface area contributed by atoms with Gasteiger partial charge in [-0.2, -0.15) is 0 Å². The second-order valence-electron chi connectivity index (χ2n) is 6.41. The van der Waals surface area contributed by atoms with E-state index in [1.807, 2.05) is 0 Å². The molecular weight excluding hydrogens is 242 g/mol. The van der Waals surface area contributed by atoms with Gasteiger partial charge in [-0.15, -0.1) is 0 Å². The van der Waals surface area contributed by atoms with Gasteiger partial charge >= 0.3 is 5.97 Å². The van der Waals surface area contributed by atoms with Crippen molar-refractivity contribution in [1.29, 1.82) is 0 Å². The van der Waals surface area contributed by atoms with Crippen LogP contribution in [0.3, 0.4) is 0 Å². The van der Waals surface area contributed by atoms with Crippen molar-refractivity contribution in [3.63, 3.8) is 0 Å². The molecule has 0 spiro atoms. The van der Waals surface area contributed by atoms with Gasteiger partial charge in [-0.05, 0) is 31.1 Å². The highest BCUT2D eigenvalue weighted by Gasteiger charge is 2.50. The Hall–Kier alpha value is -1.06. The molecule has 108 valence electrons. The average Bonchev–Trinajstić information content (AvgIpc) is 2.29. The maximum atomic E-state index is 12.0. The maximum absolute atomic E-state index is 12.0. The Labute approximate surface area is 115 Å². The molecule has 1 amide bonds. The number of nitrogens with one attached hydrogen (secondary N) is 1. The van der Waals surface area contributed by atoms with Crippen molar-refractivity contribution in [2.24, 2.45) is 17.3 Å². The van der Waals surface area contributed by atoms with E-state index < -0.39 is 11.4 Å². The summed E-state index contributed by atoms with van der Waals surface area (Å²) in [5.74, 6) is 0.327. The molecule has 4 heteroatoms. The molecular formula is C15H25NO3. The zero-order valence-corrected chi connectivity index (χ0v) is 11.8. The first-order valence-corrected chi connectivity index (χ1v) is 7.56. The van der Waals surface area contributed by atoms with E-state index in [-0.39, 0.29) is 5.91 Å². The summed E-state index contributed by atoms with van der Waals surface area (Å²) >= 11 is 0. The number of hydrogen-bond acceptors (Lipinski definition) is 2. The lowest BCUT2D eigenvalue weighted by Crippen LogP contribution is -2.51. The van der Waals surface area contributed by atoms with E-state index in [1.165, 1.54) is 25.7 Å². The van der Waals surface area contributed by atoms with Crippen LogP contribution in [0.25, 0.3) is 0 Å². The lowest BCUT2D eigenvalue weighted by molar-refractivity contribution is -0.162. The van der Waals surface area contributed by atoms with Crippen LogP contribution in [0, 0.1) is 17.3 Å². The van der Waals surface area contributed by atoms with Gasteiger partial charge in [-0.25, -0.2) is 0 Å². The quantitative estimate of drug-likeness (QED) is 0.752. The summed E-state index contributed by atoms with van der Waals surface area (Å²) in [5.41, 5.74) is -1.11. The van der Waals surface area contributed by atoms with Gasteiger partial charge in [0.15, 0.2) is 0 Å². The topological polar surface area (TPSA) is 66.4 Å². The number of aliphatic carboxylic acids is 1. The highest BCUT2D eigenvalue weighted by atomic mass is 16.4. The molecule has 0 saturated heterocycles. The molecule has 0 heterocycles. The Balaban J connectivity index is 1.71. The molecule has 2 saturated carbocycles. The summed E-state index contributed by atoms with van der Waals surface area (Å²) < 4.78 is 0. The number of hydrogen-bond donors (Lipinski definition) is 2. The maximum Gasteiger partial charge on any atom is 0.319 e. The van der Waals surface area contributed by atoms with Gasteiger partial charge in [0.1, 0.15) is 5.41 Å². The summed E-state index contributed by atoms with van der Waals surface area (Å²) in [4.78, 5) is 23.2. The molecule has 0 aromatic heterocycles. The van der Waals surface area contributed by atoms with E-state index in [2.05, 4.69) is 12.2 Å². The fraction of sp³-hybridized carbons (Fsp3) is 0.867. The van der Waals surface area contributed by atoms with Crippen LogP contribution in [0.4, 0.5) is 0 Å². The summed E-state index contributed by atoms with van der Waals surface area (Å²) in [7, 11) is 0. The van der Waals surface area contributed by atoms with Gasteiger partial charge in [0.25, 0.3) is 0 Å². The molecule has 19 heavy (non-hydrogen) atoms. The fourth-order valence-corrected chi connectivity index (χ4v) is 3.25. The lowest BCUT2D eigenvalue weighted by Gasteiger charge is -2.36. The van der Waals surface area contributed by atoms with Crippen LogP contribution < -0.4 is 5.32 Å². The third-order valence-electron chi connectivity index (χ3n) is 5.02. The van der Waals surface area contributed by atoms with Crippen molar-refractivity contribution in [3.05, 3.63) is 0 Å². The number of carboxylic acid groups (broad SMARTS) is 1. The lowest BCUT2D eigenvalue weighted by atomic mass is 9.68. The van der Waals surface area contributed by atoms with Crippen LogP contribution in [0.5, 0.6) is 0 Å². The molecule has 0 aliphatic heterocycles. The first kappa shape index (κ1) is 14.4. The zero-order chi connectivity index (χ0) is 13.9.